The molecule has 1 atom stereocenters. The molecule has 128 valence electrons. The number of rotatable bonds is 7. The van der Waals surface area contributed by atoms with Crippen LogP contribution in [-0.2, 0) is 4.79 Å². The molecule has 0 saturated carbocycles. The Morgan fingerprint density at radius 1 is 1.19 bits per heavy atom. The van der Waals surface area contributed by atoms with Gasteiger partial charge in [0.1, 0.15) is 0 Å². The van der Waals surface area contributed by atoms with E-state index in [-0.39, 0.29) is 30.7 Å². The quantitative estimate of drug-likeness (QED) is 0.700. The van der Waals surface area contributed by atoms with E-state index in [1.54, 1.807) is 0 Å². The first-order chi connectivity index (χ1) is 9.06. The standard InChI is InChI=1S/C15H31N3O.2ClH/c1-3-9-15(2,16)14(19)17-10-8-13-18-11-6-4-5-7-12-18;;/h3-13,16H2,1-2H3,(H,17,19);2*1H. The van der Waals surface area contributed by atoms with E-state index in [2.05, 4.69) is 17.1 Å². The lowest BCUT2D eigenvalue weighted by Crippen LogP contribution is -2.51. The molecule has 0 aromatic heterocycles. The van der Waals surface area contributed by atoms with Gasteiger partial charge in [0.05, 0.1) is 5.54 Å². The molecule has 1 aliphatic rings. The van der Waals surface area contributed by atoms with E-state index in [1.165, 1.54) is 38.8 Å². The van der Waals surface area contributed by atoms with E-state index >= 15 is 0 Å². The summed E-state index contributed by atoms with van der Waals surface area (Å²) in [5, 5.41) is 2.97. The topological polar surface area (TPSA) is 58.4 Å². The van der Waals surface area contributed by atoms with Gasteiger partial charge in [-0.1, -0.05) is 26.2 Å². The number of nitrogens with zero attached hydrogens (tertiary/aromatic N) is 1. The lowest BCUT2D eigenvalue weighted by Gasteiger charge is -2.24. The van der Waals surface area contributed by atoms with Gasteiger partial charge < -0.3 is 16.0 Å². The molecule has 6 heteroatoms. The number of nitrogens with one attached hydrogen (secondary N) is 1. The van der Waals surface area contributed by atoms with Crippen LogP contribution in [0.4, 0.5) is 0 Å². The second kappa shape index (κ2) is 12.5. The minimum Gasteiger partial charge on any atom is -0.354 e. The maximum atomic E-state index is 11.9. The zero-order valence-corrected chi connectivity index (χ0v) is 15.2. The molecular formula is C15H33Cl2N3O. The third kappa shape index (κ3) is 9.56. The van der Waals surface area contributed by atoms with Gasteiger partial charge >= 0.3 is 0 Å². The van der Waals surface area contributed by atoms with E-state index in [0.717, 1.165) is 32.4 Å². The van der Waals surface area contributed by atoms with Crippen LogP contribution in [0.15, 0.2) is 0 Å². The molecule has 1 rings (SSSR count). The molecule has 1 fully saturated rings. The smallest absolute Gasteiger partial charge is 0.239 e. The highest BCUT2D eigenvalue weighted by molar-refractivity contribution is 5.86. The van der Waals surface area contributed by atoms with Crippen molar-refractivity contribution in [3.05, 3.63) is 0 Å². The second-order valence-electron chi connectivity index (χ2n) is 6.03. The maximum Gasteiger partial charge on any atom is 0.239 e. The predicted octanol–water partition coefficient (Wildman–Crippen LogP) is 2.73. The Balaban J connectivity index is 0. The Labute approximate surface area is 142 Å². The first-order valence-electron chi connectivity index (χ1n) is 7.86. The van der Waals surface area contributed by atoms with Crippen molar-refractivity contribution in [1.82, 2.24) is 10.2 Å². The van der Waals surface area contributed by atoms with Crippen LogP contribution in [0.5, 0.6) is 0 Å². The van der Waals surface area contributed by atoms with E-state index in [4.69, 9.17) is 5.73 Å². The average Bonchev–Trinajstić information content (AvgIpc) is 2.62. The highest BCUT2D eigenvalue weighted by Crippen LogP contribution is 2.10. The summed E-state index contributed by atoms with van der Waals surface area (Å²) in [6.45, 7) is 8.15. The summed E-state index contributed by atoms with van der Waals surface area (Å²) in [4.78, 5) is 14.4. The monoisotopic (exact) mass is 341 g/mol. The molecule has 0 radical (unpaired) electrons. The van der Waals surface area contributed by atoms with Gasteiger partial charge in [-0.2, -0.15) is 0 Å². The van der Waals surface area contributed by atoms with Gasteiger partial charge in [-0.05, 0) is 52.2 Å². The molecule has 21 heavy (non-hydrogen) atoms. The Morgan fingerprint density at radius 3 is 2.29 bits per heavy atom. The minimum atomic E-state index is -0.711. The molecule has 1 heterocycles. The lowest BCUT2D eigenvalue weighted by molar-refractivity contribution is -0.126. The van der Waals surface area contributed by atoms with Gasteiger partial charge in [0.25, 0.3) is 0 Å². The summed E-state index contributed by atoms with van der Waals surface area (Å²) in [6, 6.07) is 0. The van der Waals surface area contributed by atoms with Crippen molar-refractivity contribution in [1.29, 1.82) is 0 Å². The SMILES string of the molecule is CCCC(C)(N)C(=O)NCCCN1CCCCCC1.Cl.Cl. The number of carbonyl (C=O) groups excluding carboxylic acids is 1. The minimum absolute atomic E-state index is 0. The molecule has 0 aliphatic carbocycles. The lowest BCUT2D eigenvalue weighted by atomic mass is 9.96. The van der Waals surface area contributed by atoms with Crippen molar-refractivity contribution in [2.75, 3.05) is 26.2 Å². The number of amides is 1. The van der Waals surface area contributed by atoms with Crippen LogP contribution in [0.3, 0.4) is 0 Å². The maximum absolute atomic E-state index is 11.9. The van der Waals surface area contributed by atoms with E-state index < -0.39 is 5.54 Å². The van der Waals surface area contributed by atoms with Gasteiger partial charge in [0.15, 0.2) is 0 Å². The highest BCUT2D eigenvalue weighted by Gasteiger charge is 2.26. The van der Waals surface area contributed by atoms with Crippen molar-refractivity contribution >= 4 is 30.7 Å². The predicted molar refractivity (Wildman–Crippen MR) is 94.5 cm³/mol. The Kier molecular flexibility index (Phi) is 13.8. The molecule has 0 spiro atoms. The molecule has 0 aromatic carbocycles. The molecule has 1 unspecified atom stereocenters. The summed E-state index contributed by atoms with van der Waals surface area (Å²) >= 11 is 0. The Morgan fingerprint density at radius 2 is 1.76 bits per heavy atom. The fourth-order valence-corrected chi connectivity index (χ4v) is 2.70. The number of halogens is 2. The van der Waals surface area contributed by atoms with Crippen LogP contribution in [-0.4, -0.2) is 42.5 Å². The van der Waals surface area contributed by atoms with E-state index in [0.29, 0.717) is 0 Å². The number of hydrogen-bond acceptors (Lipinski definition) is 3. The van der Waals surface area contributed by atoms with Gasteiger partial charge in [-0.15, -0.1) is 24.8 Å². The van der Waals surface area contributed by atoms with Crippen molar-refractivity contribution in [3.8, 4) is 0 Å². The zero-order chi connectivity index (χ0) is 14.1. The highest BCUT2D eigenvalue weighted by atomic mass is 35.5. The average molecular weight is 342 g/mol. The summed E-state index contributed by atoms with van der Waals surface area (Å²) in [6.07, 6.45) is 8.09. The number of carbonyl (C=O) groups is 1. The number of nitrogens with two attached hydrogens (primary N) is 1. The molecular weight excluding hydrogens is 309 g/mol. The second-order valence-corrected chi connectivity index (χ2v) is 6.03. The largest absolute Gasteiger partial charge is 0.354 e. The van der Waals surface area contributed by atoms with Crippen LogP contribution in [0, 0.1) is 0 Å². The molecule has 1 saturated heterocycles. The van der Waals surface area contributed by atoms with Crippen LogP contribution in [0.25, 0.3) is 0 Å². The molecule has 1 amide bonds. The van der Waals surface area contributed by atoms with E-state index in [1.807, 2.05) is 6.92 Å². The van der Waals surface area contributed by atoms with Crippen LogP contribution in [0.2, 0.25) is 0 Å². The van der Waals surface area contributed by atoms with Crippen LogP contribution in [0.1, 0.15) is 58.8 Å². The van der Waals surface area contributed by atoms with Crippen LogP contribution < -0.4 is 11.1 Å². The fourth-order valence-electron chi connectivity index (χ4n) is 2.70. The number of likely N-dealkylation sites (tertiary alicyclic amines) is 1. The molecule has 0 aromatic rings. The molecule has 1 aliphatic heterocycles. The third-order valence-corrected chi connectivity index (χ3v) is 3.92. The van der Waals surface area contributed by atoms with Crippen LogP contribution >= 0.6 is 24.8 Å². The van der Waals surface area contributed by atoms with E-state index in [9.17, 15) is 4.79 Å². The van der Waals surface area contributed by atoms with Crippen molar-refractivity contribution in [2.45, 2.75) is 64.3 Å². The molecule has 0 bridgehead atoms. The molecule has 3 N–H and O–H groups in total. The summed E-state index contributed by atoms with van der Waals surface area (Å²) in [5.74, 6) is -0.00906. The van der Waals surface area contributed by atoms with Gasteiger partial charge in [0.2, 0.25) is 5.91 Å². The zero-order valence-electron chi connectivity index (χ0n) is 13.5. The Hall–Kier alpha value is -0.0300. The van der Waals surface area contributed by atoms with Crippen molar-refractivity contribution < 1.29 is 4.79 Å². The molecule has 4 nitrogen and oxygen atoms in total. The Bertz CT molecular complexity index is 268. The third-order valence-electron chi connectivity index (χ3n) is 3.92. The fraction of sp³-hybridized carbons (Fsp3) is 0.933. The number of hydrogen-bond donors (Lipinski definition) is 2. The van der Waals surface area contributed by atoms with Gasteiger partial charge in [-0.3, -0.25) is 4.79 Å². The van der Waals surface area contributed by atoms with Crippen molar-refractivity contribution in [2.24, 2.45) is 5.73 Å². The first-order valence-corrected chi connectivity index (χ1v) is 7.86. The summed E-state index contributed by atoms with van der Waals surface area (Å²) in [5.41, 5.74) is 5.28. The first kappa shape index (κ1) is 23.2. The normalized spacial score (nSPS) is 18.6. The van der Waals surface area contributed by atoms with Crippen molar-refractivity contribution in [3.63, 3.8) is 0 Å². The summed E-state index contributed by atoms with van der Waals surface area (Å²) in [7, 11) is 0. The summed E-state index contributed by atoms with van der Waals surface area (Å²) < 4.78 is 0. The van der Waals surface area contributed by atoms with Gasteiger partial charge in [0, 0.05) is 6.54 Å². The van der Waals surface area contributed by atoms with Gasteiger partial charge in [-0.25, -0.2) is 0 Å².